The molecule has 0 atom stereocenters. The summed E-state index contributed by atoms with van der Waals surface area (Å²) in [5.41, 5.74) is 1.43. The van der Waals surface area contributed by atoms with Crippen molar-refractivity contribution in [3.8, 4) is 6.07 Å². The predicted octanol–water partition coefficient (Wildman–Crippen LogP) is 1.17. The molecule has 0 aliphatic carbocycles. The van der Waals surface area contributed by atoms with Gasteiger partial charge in [0, 0.05) is 13.0 Å². The molecular weight excluding hydrogens is 242 g/mol. The van der Waals surface area contributed by atoms with E-state index in [1.165, 1.54) is 0 Å². The lowest BCUT2D eigenvalue weighted by Gasteiger charge is -2.02. The Morgan fingerprint density at radius 3 is 3.05 bits per heavy atom. The van der Waals surface area contributed by atoms with Crippen LogP contribution in [0.1, 0.15) is 34.5 Å². The van der Waals surface area contributed by atoms with E-state index in [0.717, 1.165) is 5.56 Å². The Balaban J connectivity index is 1.98. The van der Waals surface area contributed by atoms with Crippen molar-refractivity contribution in [2.45, 2.75) is 19.9 Å². The fourth-order valence-corrected chi connectivity index (χ4v) is 1.57. The number of carbonyl (C=O) groups is 1. The highest BCUT2D eigenvalue weighted by atomic mass is 16.2. The number of benzene rings is 1. The Labute approximate surface area is 110 Å². The molecule has 0 saturated heterocycles. The van der Waals surface area contributed by atoms with Gasteiger partial charge in [0.1, 0.15) is 5.82 Å². The first-order chi connectivity index (χ1) is 9.22. The maximum Gasteiger partial charge on any atom is 0.291 e. The van der Waals surface area contributed by atoms with Crippen LogP contribution in [0.2, 0.25) is 0 Å². The number of H-pyrrole nitrogens is 1. The summed E-state index contributed by atoms with van der Waals surface area (Å²) in [7, 11) is 0. The first-order valence-corrected chi connectivity index (χ1v) is 5.91. The van der Waals surface area contributed by atoms with Gasteiger partial charge in [-0.05, 0) is 17.7 Å². The fraction of sp³-hybridized carbons (Fsp3) is 0.231. The number of nitrogens with one attached hydrogen (secondary N) is 2. The zero-order valence-corrected chi connectivity index (χ0v) is 10.5. The number of aromatic nitrogens is 3. The van der Waals surface area contributed by atoms with Gasteiger partial charge in [0.2, 0.25) is 5.82 Å². The molecule has 0 radical (unpaired) electrons. The molecule has 96 valence electrons. The van der Waals surface area contributed by atoms with E-state index in [9.17, 15) is 4.79 Å². The van der Waals surface area contributed by atoms with E-state index in [4.69, 9.17) is 5.26 Å². The molecule has 1 amide bonds. The minimum absolute atomic E-state index is 0.133. The molecule has 1 aromatic heterocycles. The van der Waals surface area contributed by atoms with Crippen LogP contribution in [0.5, 0.6) is 0 Å². The smallest absolute Gasteiger partial charge is 0.291 e. The van der Waals surface area contributed by atoms with Gasteiger partial charge in [-0.15, -0.1) is 5.10 Å². The fourth-order valence-electron chi connectivity index (χ4n) is 1.57. The van der Waals surface area contributed by atoms with E-state index in [1.807, 2.05) is 13.0 Å². The summed E-state index contributed by atoms with van der Waals surface area (Å²) in [5, 5.41) is 18.0. The van der Waals surface area contributed by atoms with E-state index in [0.29, 0.717) is 24.4 Å². The summed E-state index contributed by atoms with van der Waals surface area (Å²) < 4.78 is 0. The van der Waals surface area contributed by atoms with Gasteiger partial charge in [0.15, 0.2) is 0 Å². The van der Waals surface area contributed by atoms with Crippen molar-refractivity contribution in [2.75, 3.05) is 0 Å². The number of nitriles is 1. The van der Waals surface area contributed by atoms with Crippen molar-refractivity contribution in [3.05, 3.63) is 47.0 Å². The maximum absolute atomic E-state index is 11.8. The van der Waals surface area contributed by atoms with Gasteiger partial charge in [0.25, 0.3) is 5.91 Å². The summed E-state index contributed by atoms with van der Waals surface area (Å²) in [6.07, 6.45) is 0.699. The van der Waals surface area contributed by atoms with Crippen LogP contribution in [-0.2, 0) is 13.0 Å². The second kappa shape index (κ2) is 5.78. The lowest BCUT2D eigenvalue weighted by atomic mass is 10.1. The van der Waals surface area contributed by atoms with Crippen LogP contribution in [0.15, 0.2) is 24.3 Å². The van der Waals surface area contributed by atoms with Crippen molar-refractivity contribution in [2.24, 2.45) is 0 Å². The third-order valence-corrected chi connectivity index (χ3v) is 2.58. The van der Waals surface area contributed by atoms with Gasteiger partial charge in [-0.2, -0.15) is 5.26 Å². The highest BCUT2D eigenvalue weighted by Gasteiger charge is 2.11. The number of aryl methyl sites for hydroxylation is 1. The average Bonchev–Trinajstić information content (AvgIpc) is 2.94. The average molecular weight is 255 g/mol. The van der Waals surface area contributed by atoms with Crippen molar-refractivity contribution >= 4 is 5.91 Å². The molecule has 0 aliphatic heterocycles. The van der Waals surface area contributed by atoms with Crippen LogP contribution < -0.4 is 5.32 Å². The maximum atomic E-state index is 11.8. The Hall–Kier alpha value is -2.68. The predicted molar refractivity (Wildman–Crippen MR) is 68.1 cm³/mol. The Morgan fingerprint density at radius 2 is 2.37 bits per heavy atom. The first kappa shape index (κ1) is 12.8. The van der Waals surface area contributed by atoms with Gasteiger partial charge in [0.05, 0.1) is 11.6 Å². The summed E-state index contributed by atoms with van der Waals surface area (Å²) in [4.78, 5) is 15.8. The van der Waals surface area contributed by atoms with Gasteiger partial charge in [-0.25, -0.2) is 4.98 Å². The molecule has 0 saturated carbocycles. The zero-order chi connectivity index (χ0) is 13.7. The third-order valence-electron chi connectivity index (χ3n) is 2.58. The normalized spacial score (nSPS) is 9.89. The molecule has 0 spiro atoms. The van der Waals surface area contributed by atoms with Gasteiger partial charge >= 0.3 is 0 Å². The van der Waals surface area contributed by atoms with Gasteiger partial charge in [-0.3, -0.25) is 9.89 Å². The summed E-state index contributed by atoms with van der Waals surface area (Å²) in [6, 6.07) is 9.13. The minimum atomic E-state index is -0.335. The topological polar surface area (TPSA) is 94.5 Å². The Bertz CT molecular complexity index is 626. The lowest BCUT2D eigenvalue weighted by molar-refractivity contribution is 0.0941. The second-order valence-electron chi connectivity index (χ2n) is 3.95. The van der Waals surface area contributed by atoms with Crippen LogP contribution in [0.3, 0.4) is 0 Å². The molecular formula is C13H13N5O. The zero-order valence-electron chi connectivity index (χ0n) is 10.5. The van der Waals surface area contributed by atoms with E-state index in [-0.39, 0.29) is 11.7 Å². The van der Waals surface area contributed by atoms with Crippen LogP contribution >= 0.6 is 0 Å². The van der Waals surface area contributed by atoms with E-state index in [2.05, 4.69) is 26.6 Å². The molecule has 2 aromatic rings. The number of hydrogen-bond donors (Lipinski definition) is 2. The molecule has 1 aromatic carbocycles. The number of aromatic amines is 1. The molecule has 2 rings (SSSR count). The van der Waals surface area contributed by atoms with Crippen LogP contribution in [0.25, 0.3) is 0 Å². The minimum Gasteiger partial charge on any atom is -0.345 e. The Morgan fingerprint density at radius 1 is 1.53 bits per heavy atom. The van der Waals surface area contributed by atoms with Crippen LogP contribution in [0.4, 0.5) is 0 Å². The summed E-state index contributed by atoms with van der Waals surface area (Å²) >= 11 is 0. The monoisotopic (exact) mass is 255 g/mol. The molecule has 0 aliphatic rings. The lowest BCUT2D eigenvalue weighted by Crippen LogP contribution is -2.24. The number of carbonyl (C=O) groups excluding carboxylic acids is 1. The molecule has 2 N–H and O–H groups in total. The van der Waals surface area contributed by atoms with E-state index >= 15 is 0 Å². The second-order valence-corrected chi connectivity index (χ2v) is 3.95. The molecule has 0 fully saturated rings. The van der Waals surface area contributed by atoms with Crippen molar-refractivity contribution in [3.63, 3.8) is 0 Å². The number of rotatable bonds is 4. The van der Waals surface area contributed by atoms with Crippen molar-refractivity contribution < 1.29 is 4.79 Å². The van der Waals surface area contributed by atoms with Gasteiger partial charge in [-0.1, -0.05) is 19.1 Å². The molecule has 0 bridgehead atoms. The number of hydrogen-bond acceptors (Lipinski definition) is 4. The van der Waals surface area contributed by atoms with E-state index in [1.54, 1.807) is 18.2 Å². The standard InChI is InChI=1S/C13H13N5O/c1-2-11-16-12(18-17-11)13(19)15-8-10-5-3-4-9(6-10)7-14/h3-6H,2,8H2,1H3,(H,15,19)(H,16,17,18). The largest absolute Gasteiger partial charge is 0.345 e. The van der Waals surface area contributed by atoms with Gasteiger partial charge < -0.3 is 5.32 Å². The quantitative estimate of drug-likeness (QED) is 0.857. The van der Waals surface area contributed by atoms with Crippen molar-refractivity contribution in [1.29, 1.82) is 5.26 Å². The highest BCUT2D eigenvalue weighted by molar-refractivity contribution is 5.90. The van der Waals surface area contributed by atoms with E-state index < -0.39 is 0 Å². The number of amides is 1. The third kappa shape index (κ3) is 3.16. The molecule has 6 heteroatoms. The van der Waals surface area contributed by atoms with Crippen LogP contribution in [0, 0.1) is 11.3 Å². The molecule has 0 unspecified atom stereocenters. The summed E-state index contributed by atoms with van der Waals surface area (Å²) in [5.74, 6) is 0.475. The number of nitrogens with zero attached hydrogens (tertiary/aromatic N) is 3. The van der Waals surface area contributed by atoms with Crippen LogP contribution in [-0.4, -0.2) is 21.1 Å². The molecule has 19 heavy (non-hydrogen) atoms. The Kier molecular flexibility index (Phi) is 3.88. The molecule has 6 nitrogen and oxygen atoms in total. The summed E-state index contributed by atoms with van der Waals surface area (Å²) in [6.45, 7) is 2.26. The SMILES string of the molecule is CCc1nc(C(=O)NCc2cccc(C#N)c2)n[nH]1. The first-order valence-electron chi connectivity index (χ1n) is 5.91. The highest BCUT2D eigenvalue weighted by Crippen LogP contribution is 2.04. The molecule has 1 heterocycles. The van der Waals surface area contributed by atoms with Crippen molar-refractivity contribution in [1.82, 2.24) is 20.5 Å².